The van der Waals surface area contributed by atoms with E-state index in [0.29, 0.717) is 18.9 Å². The third kappa shape index (κ3) is 6.89. The lowest BCUT2D eigenvalue weighted by atomic mass is 9.73. The highest BCUT2D eigenvalue weighted by atomic mass is 16.5. The van der Waals surface area contributed by atoms with Gasteiger partial charge in [-0.1, -0.05) is 56.5 Å². The molecule has 0 aliphatic carbocycles. The van der Waals surface area contributed by atoms with E-state index in [4.69, 9.17) is 4.74 Å². The van der Waals surface area contributed by atoms with E-state index in [1.807, 2.05) is 4.90 Å². The topological polar surface area (TPSA) is 61.9 Å². The van der Waals surface area contributed by atoms with Crippen LogP contribution in [-0.4, -0.2) is 66.5 Å². The first-order valence-corrected chi connectivity index (χ1v) is 14.3. The highest BCUT2D eigenvalue weighted by Gasteiger charge is 2.43. The van der Waals surface area contributed by atoms with Gasteiger partial charge in [0.25, 0.3) is 0 Å². The standard InChI is InChI=1S/C30H47N3O3/c1-23(2)20-27-28(34)33-16-7-8-26(33)22-36-19-6-4-5-13-30(29(35)31-27)14-17-32(18-15-30)21-25-11-9-24(3)10-12-25/h9-12,23,26-27H,4-8,13-22H2,1-3H3,(H,31,35)/t26-,27-/m0/s1. The first kappa shape index (κ1) is 27.1. The molecular formula is C30H47N3O3. The molecular weight excluding hydrogens is 450 g/mol. The molecule has 3 saturated heterocycles. The Bertz CT molecular complexity index is 861. The molecule has 3 heterocycles. The number of ether oxygens (including phenoxy) is 1. The second-order valence-corrected chi connectivity index (χ2v) is 11.9. The van der Waals surface area contributed by atoms with E-state index in [0.717, 1.165) is 84.2 Å². The number of hydrogen-bond donors (Lipinski definition) is 1. The van der Waals surface area contributed by atoms with Crippen molar-refractivity contribution in [2.45, 2.75) is 97.2 Å². The van der Waals surface area contributed by atoms with Gasteiger partial charge in [-0.05, 0) is 76.4 Å². The Kier molecular flexibility index (Phi) is 9.46. The van der Waals surface area contributed by atoms with Gasteiger partial charge in [0.2, 0.25) is 11.8 Å². The van der Waals surface area contributed by atoms with Crippen molar-refractivity contribution in [3.63, 3.8) is 0 Å². The minimum Gasteiger partial charge on any atom is -0.379 e. The van der Waals surface area contributed by atoms with E-state index in [1.165, 1.54) is 11.1 Å². The Morgan fingerprint density at radius 1 is 1.00 bits per heavy atom. The van der Waals surface area contributed by atoms with Crippen LogP contribution in [0.1, 0.15) is 82.8 Å². The van der Waals surface area contributed by atoms with Crippen molar-refractivity contribution in [2.75, 3.05) is 32.8 Å². The fraction of sp³-hybridized carbons (Fsp3) is 0.733. The number of benzene rings is 1. The van der Waals surface area contributed by atoms with Crippen LogP contribution in [0.2, 0.25) is 0 Å². The van der Waals surface area contributed by atoms with Crippen molar-refractivity contribution in [3.8, 4) is 0 Å². The lowest BCUT2D eigenvalue weighted by Gasteiger charge is -2.42. The number of likely N-dealkylation sites (tertiary alicyclic amines) is 1. The van der Waals surface area contributed by atoms with Crippen LogP contribution < -0.4 is 5.32 Å². The summed E-state index contributed by atoms with van der Waals surface area (Å²) in [6.45, 7) is 11.3. The van der Waals surface area contributed by atoms with Crippen molar-refractivity contribution in [3.05, 3.63) is 35.4 Å². The largest absolute Gasteiger partial charge is 0.379 e. The summed E-state index contributed by atoms with van der Waals surface area (Å²) in [5, 5.41) is 3.31. The van der Waals surface area contributed by atoms with Gasteiger partial charge in [0.05, 0.1) is 18.1 Å². The zero-order valence-corrected chi connectivity index (χ0v) is 22.8. The van der Waals surface area contributed by atoms with E-state index >= 15 is 0 Å². The van der Waals surface area contributed by atoms with Crippen molar-refractivity contribution in [1.29, 1.82) is 0 Å². The van der Waals surface area contributed by atoms with Crippen LogP contribution in [0.4, 0.5) is 0 Å². The van der Waals surface area contributed by atoms with E-state index < -0.39 is 6.04 Å². The first-order chi connectivity index (χ1) is 17.4. The number of piperidine rings is 1. The number of aryl methyl sites for hydroxylation is 1. The summed E-state index contributed by atoms with van der Waals surface area (Å²) in [4.78, 5) is 32.1. The Labute approximate surface area is 218 Å². The lowest BCUT2D eigenvalue weighted by Crippen LogP contribution is -2.56. The molecule has 1 spiro atoms. The second-order valence-electron chi connectivity index (χ2n) is 11.9. The molecule has 0 radical (unpaired) electrons. The van der Waals surface area contributed by atoms with Crippen molar-refractivity contribution in [2.24, 2.45) is 11.3 Å². The van der Waals surface area contributed by atoms with Crippen LogP contribution in [0.15, 0.2) is 24.3 Å². The smallest absolute Gasteiger partial charge is 0.245 e. The molecule has 3 aliphatic rings. The molecule has 0 bridgehead atoms. The number of rotatable bonds is 4. The second kappa shape index (κ2) is 12.6. The average molecular weight is 498 g/mol. The molecule has 6 nitrogen and oxygen atoms in total. The Balaban J connectivity index is 1.48. The molecule has 2 amide bonds. The van der Waals surface area contributed by atoms with Crippen LogP contribution in [0.3, 0.4) is 0 Å². The van der Waals surface area contributed by atoms with Crippen molar-refractivity contribution >= 4 is 11.8 Å². The minimum absolute atomic E-state index is 0.0900. The van der Waals surface area contributed by atoms with Gasteiger partial charge < -0.3 is 15.0 Å². The van der Waals surface area contributed by atoms with E-state index in [1.54, 1.807) is 0 Å². The fourth-order valence-electron chi connectivity index (χ4n) is 6.25. The number of nitrogens with zero attached hydrogens (tertiary/aromatic N) is 2. The SMILES string of the molecule is Cc1ccc(CN2CCC3(CCCCCOC[C@@H]4CCCN4C(=O)[C@H](CC(C)C)NC3=O)CC2)cc1. The monoisotopic (exact) mass is 497 g/mol. The normalized spacial score (nSPS) is 26.6. The molecule has 0 aromatic heterocycles. The van der Waals surface area contributed by atoms with Gasteiger partial charge in [-0.2, -0.15) is 0 Å². The zero-order valence-electron chi connectivity index (χ0n) is 22.8. The lowest BCUT2D eigenvalue weighted by molar-refractivity contribution is -0.143. The van der Waals surface area contributed by atoms with Gasteiger partial charge in [-0.3, -0.25) is 14.5 Å². The molecule has 1 aromatic rings. The van der Waals surface area contributed by atoms with Crippen LogP contribution in [-0.2, 0) is 20.9 Å². The van der Waals surface area contributed by atoms with Gasteiger partial charge in [-0.15, -0.1) is 0 Å². The molecule has 1 aromatic carbocycles. The Morgan fingerprint density at radius 3 is 2.47 bits per heavy atom. The number of amides is 2. The molecule has 0 saturated carbocycles. The molecule has 3 aliphatic heterocycles. The molecule has 0 unspecified atom stereocenters. The summed E-state index contributed by atoms with van der Waals surface area (Å²) in [6, 6.07) is 8.47. The predicted octanol–water partition coefficient (Wildman–Crippen LogP) is 4.69. The van der Waals surface area contributed by atoms with E-state index in [9.17, 15) is 9.59 Å². The number of carbonyl (C=O) groups is 2. The summed E-state index contributed by atoms with van der Waals surface area (Å²) >= 11 is 0. The number of nitrogens with one attached hydrogen (secondary N) is 1. The molecule has 36 heavy (non-hydrogen) atoms. The summed E-state index contributed by atoms with van der Waals surface area (Å²) in [5.74, 6) is 0.537. The predicted molar refractivity (Wildman–Crippen MR) is 144 cm³/mol. The summed E-state index contributed by atoms with van der Waals surface area (Å²) in [5.41, 5.74) is 2.23. The first-order valence-electron chi connectivity index (χ1n) is 14.3. The highest BCUT2D eigenvalue weighted by molar-refractivity contribution is 5.90. The van der Waals surface area contributed by atoms with Crippen LogP contribution in [0, 0.1) is 18.3 Å². The van der Waals surface area contributed by atoms with E-state index in [-0.39, 0.29) is 23.3 Å². The van der Waals surface area contributed by atoms with E-state index in [2.05, 4.69) is 55.3 Å². The van der Waals surface area contributed by atoms with Crippen LogP contribution in [0.25, 0.3) is 0 Å². The Hall–Kier alpha value is -1.92. The minimum atomic E-state index is -0.441. The summed E-state index contributed by atoms with van der Waals surface area (Å²) in [7, 11) is 0. The van der Waals surface area contributed by atoms with Crippen molar-refractivity contribution < 1.29 is 14.3 Å². The maximum Gasteiger partial charge on any atom is 0.245 e. The molecule has 2 atom stereocenters. The highest BCUT2D eigenvalue weighted by Crippen LogP contribution is 2.38. The van der Waals surface area contributed by atoms with Crippen LogP contribution >= 0.6 is 0 Å². The maximum absolute atomic E-state index is 14.0. The molecule has 3 fully saturated rings. The van der Waals surface area contributed by atoms with Crippen LogP contribution in [0.5, 0.6) is 0 Å². The van der Waals surface area contributed by atoms with Crippen molar-refractivity contribution in [1.82, 2.24) is 15.1 Å². The third-order valence-electron chi connectivity index (χ3n) is 8.55. The third-order valence-corrected chi connectivity index (χ3v) is 8.55. The van der Waals surface area contributed by atoms with Gasteiger partial charge >= 0.3 is 0 Å². The molecule has 1 N–H and O–H groups in total. The molecule has 200 valence electrons. The van der Waals surface area contributed by atoms with Gasteiger partial charge in [0, 0.05) is 19.7 Å². The summed E-state index contributed by atoms with van der Waals surface area (Å²) < 4.78 is 6.01. The summed E-state index contributed by atoms with van der Waals surface area (Å²) in [6.07, 6.45) is 8.45. The van der Waals surface area contributed by atoms with Gasteiger partial charge in [-0.25, -0.2) is 0 Å². The van der Waals surface area contributed by atoms with Gasteiger partial charge in [0.15, 0.2) is 0 Å². The number of carbonyl (C=O) groups excluding carboxylic acids is 2. The zero-order chi connectivity index (χ0) is 25.5. The Morgan fingerprint density at radius 2 is 1.75 bits per heavy atom. The number of hydrogen-bond acceptors (Lipinski definition) is 4. The quantitative estimate of drug-likeness (QED) is 0.656. The van der Waals surface area contributed by atoms with Gasteiger partial charge in [0.1, 0.15) is 6.04 Å². The molecule has 6 heteroatoms. The maximum atomic E-state index is 14.0. The average Bonchev–Trinajstić information content (AvgIpc) is 3.33. The fourth-order valence-corrected chi connectivity index (χ4v) is 6.25. The number of fused-ring (bicyclic) bond motifs is 1. The molecule has 4 rings (SSSR count).